The minimum atomic E-state index is -0.642. The Labute approximate surface area is 270 Å². The van der Waals surface area contributed by atoms with E-state index in [1.54, 1.807) is 6.07 Å². The molecule has 5 rings (SSSR count). The van der Waals surface area contributed by atoms with E-state index in [4.69, 9.17) is 33.9 Å². The van der Waals surface area contributed by atoms with Gasteiger partial charge in [-0.3, -0.25) is 9.69 Å². The van der Waals surface area contributed by atoms with Crippen molar-refractivity contribution in [3.63, 3.8) is 0 Å². The predicted octanol–water partition coefficient (Wildman–Crippen LogP) is 7.97. The van der Waals surface area contributed by atoms with Crippen molar-refractivity contribution in [2.45, 2.75) is 44.8 Å². The van der Waals surface area contributed by atoms with Gasteiger partial charge in [-0.1, -0.05) is 140 Å². The summed E-state index contributed by atoms with van der Waals surface area (Å²) in [6.07, 6.45) is 5.39. The second-order valence-electron chi connectivity index (χ2n) is 11.4. The number of rotatable bonds is 13. The molecule has 5 nitrogen and oxygen atoms in total. The topological polar surface area (TPSA) is 64.2 Å². The highest BCUT2D eigenvalue weighted by molar-refractivity contribution is 6.42. The van der Waals surface area contributed by atoms with E-state index in [9.17, 15) is 4.79 Å². The molecule has 2 N–H and O–H groups in total. The molecule has 0 unspecified atom stereocenters. The van der Waals surface area contributed by atoms with Gasteiger partial charge in [0.2, 0.25) is 5.91 Å². The van der Waals surface area contributed by atoms with Gasteiger partial charge >= 0.3 is 0 Å². The normalized spacial score (nSPS) is 12.5. The number of imidazole rings is 1. The number of hydrogen-bond acceptors (Lipinski definition) is 3. The van der Waals surface area contributed by atoms with Gasteiger partial charge in [-0.25, -0.2) is 4.98 Å². The van der Waals surface area contributed by atoms with Crippen LogP contribution in [0.4, 0.5) is 0 Å². The first-order valence-electron chi connectivity index (χ1n) is 15.0. The van der Waals surface area contributed by atoms with Gasteiger partial charge in [0.15, 0.2) is 0 Å². The first kappa shape index (κ1) is 31.5. The highest BCUT2D eigenvalue weighted by Crippen LogP contribution is 2.41. The lowest BCUT2D eigenvalue weighted by atomic mass is 9.76. The number of aromatic nitrogens is 2. The summed E-state index contributed by atoms with van der Waals surface area (Å²) in [5.41, 5.74) is 9.59. The van der Waals surface area contributed by atoms with E-state index in [0.29, 0.717) is 29.6 Å². The molecule has 1 amide bonds. The fraction of sp³-hybridized carbons (Fsp3) is 0.243. The van der Waals surface area contributed by atoms with E-state index in [2.05, 4.69) is 88.5 Å². The molecule has 4 aromatic carbocycles. The van der Waals surface area contributed by atoms with Crippen LogP contribution >= 0.6 is 23.2 Å². The third kappa shape index (κ3) is 6.46. The summed E-state index contributed by atoms with van der Waals surface area (Å²) >= 11 is 12.9. The number of hydrogen-bond donors (Lipinski definition) is 1. The highest BCUT2D eigenvalue weighted by Gasteiger charge is 2.39. The molecule has 0 aliphatic carbocycles. The Hall–Kier alpha value is -3.90. The third-order valence-electron chi connectivity index (χ3n) is 8.22. The molecular formula is C37H38Cl2N4O. The fourth-order valence-electron chi connectivity index (χ4n) is 6.36. The molecule has 44 heavy (non-hydrogen) atoms. The summed E-state index contributed by atoms with van der Waals surface area (Å²) in [7, 11) is 0. The number of carbonyl (C=O) groups excluding carboxylic acids is 1. The van der Waals surface area contributed by atoms with Crippen LogP contribution in [0, 0.1) is 5.92 Å². The van der Waals surface area contributed by atoms with Crippen LogP contribution in [0.25, 0.3) is 0 Å². The zero-order valence-electron chi connectivity index (χ0n) is 25.1. The maximum Gasteiger partial charge on any atom is 0.235 e. The molecule has 1 aromatic heterocycles. The summed E-state index contributed by atoms with van der Waals surface area (Å²) in [6, 6.07) is 36.9. The summed E-state index contributed by atoms with van der Waals surface area (Å²) in [4.78, 5) is 19.7. The van der Waals surface area contributed by atoms with Gasteiger partial charge in [0.25, 0.3) is 0 Å². The van der Waals surface area contributed by atoms with E-state index in [1.165, 1.54) is 0 Å². The number of nitrogens with zero attached hydrogens (tertiary/aromatic N) is 3. The second kappa shape index (κ2) is 14.3. The molecule has 0 spiro atoms. The second-order valence-corrected chi connectivity index (χ2v) is 12.2. The minimum Gasteiger partial charge on any atom is -0.368 e. The number of carbonyl (C=O) groups is 1. The smallest absolute Gasteiger partial charge is 0.235 e. The monoisotopic (exact) mass is 624 g/mol. The Morgan fingerprint density at radius 2 is 1.39 bits per heavy atom. The minimum absolute atomic E-state index is 0.0225. The molecule has 0 saturated heterocycles. The lowest BCUT2D eigenvalue weighted by Crippen LogP contribution is -2.48. The first-order chi connectivity index (χ1) is 21.3. The Kier molecular flexibility index (Phi) is 10.2. The first-order valence-corrected chi connectivity index (χ1v) is 15.7. The van der Waals surface area contributed by atoms with Crippen molar-refractivity contribution in [2.75, 3.05) is 6.54 Å². The summed E-state index contributed by atoms with van der Waals surface area (Å²) in [5.74, 6) is 0.618. The van der Waals surface area contributed by atoms with Gasteiger partial charge in [0.05, 0.1) is 16.1 Å². The van der Waals surface area contributed by atoms with Crippen molar-refractivity contribution in [2.24, 2.45) is 11.7 Å². The summed E-state index contributed by atoms with van der Waals surface area (Å²) in [5, 5.41) is 0.991. The van der Waals surface area contributed by atoms with Crippen LogP contribution in [-0.4, -0.2) is 32.9 Å². The van der Waals surface area contributed by atoms with Gasteiger partial charge in [0.1, 0.15) is 11.4 Å². The van der Waals surface area contributed by atoms with E-state index in [1.807, 2.05) is 50.4 Å². The number of amides is 1. The van der Waals surface area contributed by atoms with Crippen LogP contribution in [0.2, 0.25) is 10.0 Å². The number of halogens is 2. The standard InChI is InChI=1S/C37H38Cl2N4O/c1-27(2)35(36(40)44)42(26-28-14-12-21-32(38)34(28)39)24-13-22-33-41-23-25-43(33)37(29-15-6-3-7-16-29,30-17-8-4-9-18-30)31-19-10-5-11-20-31/h3-12,14-21,23,25,27,35H,13,22,24,26H2,1-2H3,(H2,40,44)/t35-/m0/s1. The lowest BCUT2D eigenvalue weighted by molar-refractivity contribution is -0.125. The Morgan fingerprint density at radius 3 is 1.89 bits per heavy atom. The van der Waals surface area contributed by atoms with Gasteiger partial charge in [-0.2, -0.15) is 0 Å². The number of aryl methyl sites for hydroxylation is 1. The van der Waals surface area contributed by atoms with Crippen LogP contribution in [-0.2, 0) is 23.3 Å². The van der Waals surface area contributed by atoms with Crippen LogP contribution < -0.4 is 5.73 Å². The third-order valence-corrected chi connectivity index (χ3v) is 9.08. The van der Waals surface area contributed by atoms with Crippen LogP contribution in [0.5, 0.6) is 0 Å². The van der Waals surface area contributed by atoms with Crippen molar-refractivity contribution in [3.8, 4) is 0 Å². The Morgan fingerprint density at radius 1 is 0.841 bits per heavy atom. The van der Waals surface area contributed by atoms with Crippen LogP contribution in [0.1, 0.15) is 48.3 Å². The average molecular weight is 626 g/mol. The molecule has 7 heteroatoms. The van der Waals surface area contributed by atoms with Gasteiger partial charge in [0, 0.05) is 25.4 Å². The van der Waals surface area contributed by atoms with Crippen molar-refractivity contribution >= 4 is 29.1 Å². The Bertz CT molecular complexity index is 1560. The quantitative estimate of drug-likeness (QED) is 0.135. The molecule has 226 valence electrons. The molecule has 0 bridgehead atoms. The van der Waals surface area contributed by atoms with E-state index in [0.717, 1.165) is 34.5 Å². The van der Waals surface area contributed by atoms with E-state index < -0.39 is 11.6 Å². The summed E-state index contributed by atoms with van der Waals surface area (Å²) < 4.78 is 2.30. The fourth-order valence-corrected chi connectivity index (χ4v) is 6.74. The van der Waals surface area contributed by atoms with Crippen molar-refractivity contribution in [3.05, 3.63) is 160 Å². The maximum atomic E-state index is 12.7. The lowest BCUT2D eigenvalue weighted by Gasteiger charge is -2.38. The summed E-state index contributed by atoms with van der Waals surface area (Å²) in [6.45, 7) is 5.11. The Balaban J connectivity index is 1.53. The SMILES string of the molecule is CC(C)[C@@H](C(N)=O)N(CCCc1nccn1C(c1ccccc1)(c1ccccc1)c1ccccc1)Cc1cccc(Cl)c1Cl. The molecule has 0 radical (unpaired) electrons. The molecule has 5 aromatic rings. The van der Waals surface area contributed by atoms with Gasteiger partial charge < -0.3 is 10.3 Å². The number of primary amides is 1. The van der Waals surface area contributed by atoms with Gasteiger partial charge in [-0.15, -0.1) is 0 Å². The largest absolute Gasteiger partial charge is 0.368 e. The number of nitrogens with two attached hydrogens (primary N) is 1. The van der Waals surface area contributed by atoms with Gasteiger partial charge in [-0.05, 0) is 47.2 Å². The zero-order valence-corrected chi connectivity index (χ0v) is 26.6. The highest BCUT2D eigenvalue weighted by atomic mass is 35.5. The zero-order chi connectivity index (χ0) is 31.1. The van der Waals surface area contributed by atoms with Crippen molar-refractivity contribution < 1.29 is 4.79 Å². The molecule has 0 aliphatic rings. The number of benzene rings is 4. The molecule has 1 atom stereocenters. The van der Waals surface area contributed by atoms with Crippen LogP contribution in [0.15, 0.2) is 122 Å². The maximum absolute atomic E-state index is 12.7. The van der Waals surface area contributed by atoms with Crippen molar-refractivity contribution in [1.82, 2.24) is 14.5 Å². The van der Waals surface area contributed by atoms with E-state index in [-0.39, 0.29) is 11.8 Å². The predicted molar refractivity (Wildman–Crippen MR) is 180 cm³/mol. The molecule has 0 saturated carbocycles. The van der Waals surface area contributed by atoms with Crippen LogP contribution in [0.3, 0.4) is 0 Å². The molecule has 1 heterocycles. The van der Waals surface area contributed by atoms with E-state index >= 15 is 0 Å². The van der Waals surface area contributed by atoms with Crippen molar-refractivity contribution in [1.29, 1.82) is 0 Å². The molecule has 0 aliphatic heterocycles. The molecular weight excluding hydrogens is 587 g/mol. The average Bonchev–Trinajstić information content (AvgIpc) is 3.50. The molecule has 0 fully saturated rings.